The summed E-state index contributed by atoms with van der Waals surface area (Å²) in [6.45, 7) is 6.18. The number of rotatable bonds is 2. The molecule has 2 aromatic rings. The summed E-state index contributed by atoms with van der Waals surface area (Å²) in [5.74, 6) is 0.225. The van der Waals surface area contributed by atoms with Gasteiger partial charge in [-0.15, -0.1) is 11.3 Å². The molecule has 1 heterocycles. The molecule has 0 amide bonds. The zero-order valence-electron chi connectivity index (χ0n) is 10.2. The molecular weight excluding hydrogens is 232 g/mol. The van der Waals surface area contributed by atoms with Crippen LogP contribution in [0.1, 0.15) is 30.2 Å². The molecule has 1 aromatic heterocycles. The van der Waals surface area contributed by atoms with Crippen LogP contribution in [0.5, 0.6) is 11.5 Å². The Morgan fingerprint density at radius 1 is 1.12 bits per heavy atom. The van der Waals surface area contributed by atoms with E-state index in [1.807, 2.05) is 24.4 Å². The van der Waals surface area contributed by atoms with Crippen LogP contribution >= 0.6 is 11.3 Å². The molecule has 0 unspecified atom stereocenters. The van der Waals surface area contributed by atoms with Gasteiger partial charge in [0.15, 0.2) is 11.5 Å². The summed E-state index contributed by atoms with van der Waals surface area (Å²) >= 11 is 1.64. The molecule has 2 N–H and O–H groups in total. The van der Waals surface area contributed by atoms with E-state index in [4.69, 9.17) is 0 Å². The minimum absolute atomic E-state index is 0.0160. The minimum atomic E-state index is -0.0602. The van der Waals surface area contributed by atoms with E-state index < -0.39 is 0 Å². The van der Waals surface area contributed by atoms with Crippen molar-refractivity contribution in [1.82, 2.24) is 0 Å². The first-order chi connectivity index (χ1) is 8.02. The van der Waals surface area contributed by atoms with E-state index in [0.29, 0.717) is 5.92 Å². The van der Waals surface area contributed by atoms with E-state index in [-0.39, 0.29) is 11.5 Å². The van der Waals surface area contributed by atoms with E-state index in [1.54, 1.807) is 17.4 Å². The lowest BCUT2D eigenvalue weighted by Gasteiger charge is -2.15. The minimum Gasteiger partial charge on any atom is -0.504 e. The third-order valence-electron chi connectivity index (χ3n) is 2.94. The summed E-state index contributed by atoms with van der Waals surface area (Å²) in [6.07, 6.45) is 0. The fraction of sp³-hybridized carbons (Fsp3) is 0.286. The molecule has 0 aliphatic carbocycles. The van der Waals surface area contributed by atoms with Gasteiger partial charge in [0.05, 0.1) is 0 Å². The number of aryl methyl sites for hydroxylation is 1. The van der Waals surface area contributed by atoms with Crippen LogP contribution in [0.15, 0.2) is 23.6 Å². The third kappa shape index (κ3) is 2.03. The van der Waals surface area contributed by atoms with E-state index in [1.165, 1.54) is 0 Å². The molecule has 0 bridgehead atoms. The van der Waals surface area contributed by atoms with Crippen LogP contribution < -0.4 is 0 Å². The van der Waals surface area contributed by atoms with Crippen LogP contribution in [-0.4, -0.2) is 10.2 Å². The summed E-state index contributed by atoms with van der Waals surface area (Å²) in [5, 5.41) is 21.7. The lowest BCUT2D eigenvalue weighted by atomic mass is 9.92. The molecule has 0 saturated carbocycles. The quantitative estimate of drug-likeness (QED) is 0.780. The Hall–Kier alpha value is -1.48. The van der Waals surface area contributed by atoms with Gasteiger partial charge in [0.1, 0.15) is 0 Å². The fourth-order valence-corrected chi connectivity index (χ4v) is 2.71. The highest BCUT2D eigenvalue weighted by atomic mass is 32.1. The molecule has 17 heavy (non-hydrogen) atoms. The molecule has 90 valence electrons. The highest BCUT2D eigenvalue weighted by Crippen LogP contribution is 2.43. The molecule has 2 rings (SSSR count). The molecule has 0 radical (unpaired) electrons. The largest absolute Gasteiger partial charge is 0.504 e. The average molecular weight is 248 g/mol. The molecule has 0 saturated heterocycles. The van der Waals surface area contributed by atoms with Crippen LogP contribution in [0.25, 0.3) is 11.1 Å². The zero-order chi connectivity index (χ0) is 12.6. The van der Waals surface area contributed by atoms with Gasteiger partial charge in [-0.3, -0.25) is 0 Å². The molecule has 0 aliphatic rings. The third-order valence-corrected chi connectivity index (χ3v) is 3.78. The lowest BCUT2D eigenvalue weighted by Crippen LogP contribution is -1.93. The van der Waals surface area contributed by atoms with Gasteiger partial charge in [0.25, 0.3) is 0 Å². The van der Waals surface area contributed by atoms with Crippen LogP contribution in [0.3, 0.4) is 0 Å². The van der Waals surface area contributed by atoms with E-state index in [0.717, 1.165) is 21.6 Å². The Kier molecular flexibility index (Phi) is 3.11. The summed E-state index contributed by atoms with van der Waals surface area (Å²) in [4.78, 5) is 1.15. The Labute approximate surface area is 105 Å². The van der Waals surface area contributed by atoms with Crippen molar-refractivity contribution in [3.05, 3.63) is 34.0 Å². The molecule has 0 atom stereocenters. The Bertz CT molecular complexity index is 541. The van der Waals surface area contributed by atoms with Crippen LogP contribution in [0, 0.1) is 6.92 Å². The maximum Gasteiger partial charge on any atom is 0.165 e. The van der Waals surface area contributed by atoms with Gasteiger partial charge in [0.2, 0.25) is 0 Å². The fourth-order valence-electron chi connectivity index (χ4n) is 2.00. The second kappa shape index (κ2) is 4.41. The molecule has 0 spiro atoms. The van der Waals surface area contributed by atoms with Crippen molar-refractivity contribution in [3.63, 3.8) is 0 Å². The van der Waals surface area contributed by atoms with Crippen molar-refractivity contribution in [2.24, 2.45) is 0 Å². The number of thiophene rings is 1. The summed E-state index contributed by atoms with van der Waals surface area (Å²) in [5.41, 5.74) is 2.83. The summed E-state index contributed by atoms with van der Waals surface area (Å²) in [6, 6.07) is 5.42. The molecule has 1 aromatic carbocycles. The molecule has 0 aliphatic heterocycles. The number of phenols is 2. The average Bonchev–Trinajstić information content (AvgIpc) is 2.68. The van der Waals surface area contributed by atoms with Gasteiger partial charge in [0, 0.05) is 10.4 Å². The second-order valence-corrected chi connectivity index (χ2v) is 5.56. The number of hydrogen-bond acceptors (Lipinski definition) is 3. The SMILES string of the molecule is Cc1sccc1-c1c(C(C)C)ccc(O)c1O. The lowest BCUT2D eigenvalue weighted by molar-refractivity contribution is 0.404. The molecular formula is C14H16O2S. The van der Waals surface area contributed by atoms with Crippen molar-refractivity contribution >= 4 is 11.3 Å². The van der Waals surface area contributed by atoms with Crippen molar-refractivity contribution in [3.8, 4) is 22.6 Å². The molecule has 3 heteroatoms. The zero-order valence-corrected chi connectivity index (χ0v) is 11.0. The van der Waals surface area contributed by atoms with Gasteiger partial charge in [-0.25, -0.2) is 0 Å². The number of benzene rings is 1. The predicted octanol–water partition coefficient (Wildman–Crippen LogP) is 4.26. The van der Waals surface area contributed by atoms with E-state index in [9.17, 15) is 10.2 Å². The van der Waals surface area contributed by atoms with Crippen molar-refractivity contribution < 1.29 is 10.2 Å². The van der Waals surface area contributed by atoms with Gasteiger partial charge >= 0.3 is 0 Å². The predicted molar refractivity (Wildman–Crippen MR) is 71.9 cm³/mol. The van der Waals surface area contributed by atoms with E-state index >= 15 is 0 Å². The number of phenolic OH excluding ortho intramolecular Hbond substituents is 2. The van der Waals surface area contributed by atoms with Gasteiger partial charge in [-0.1, -0.05) is 19.9 Å². The Morgan fingerprint density at radius 2 is 1.82 bits per heavy atom. The molecule has 2 nitrogen and oxygen atoms in total. The summed E-state index contributed by atoms with van der Waals surface area (Å²) < 4.78 is 0. The monoisotopic (exact) mass is 248 g/mol. The Balaban J connectivity index is 2.74. The molecule has 0 fully saturated rings. The van der Waals surface area contributed by atoms with Gasteiger partial charge < -0.3 is 10.2 Å². The van der Waals surface area contributed by atoms with Crippen LogP contribution in [-0.2, 0) is 0 Å². The van der Waals surface area contributed by atoms with Crippen molar-refractivity contribution in [2.45, 2.75) is 26.7 Å². The number of aromatic hydroxyl groups is 2. The van der Waals surface area contributed by atoms with E-state index in [2.05, 4.69) is 13.8 Å². The normalized spacial score (nSPS) is 11.1. The highest BCUT2D eigenvalue weighted by Gasteiger charge is 2.18. The highest BCUT2D eigenvalue weighted by molar-refractivity contribution is 7.10. The first-order valence-electron chi connectivity index (χ1n) is 5.61. The first-order valence-corrected chi connectivity index (χ1v) is 6.49. The van der Waals surface area contributed by atoms with Gasteiger partial charge in [-0.2, -0.15) is 0 Å². The Morgan fingerprint density at radius 3 is 2.35 bits per heavy atom. The standard InChI is InChI=1S/C14H16O2S/c1-8(2)10-4-5-12(15)14(16)13(10)11-6-7-17-9(11)3/h4-8,15-16H,1-3H3. The van der Waals surface area contributed by atoms with Crippen LogP contribution in [0.4, 0.5) is 0 Å². The van der Waals surface area contributed by atoms with Crippen molar-refractivity contribution in [2.75, 3.05) is 0 Å². The number of hydrogen-bond donors (Lipinski definition) is 2. The second-order valence-electron chi connectivity index (χ2n) is 4.44. The summed E-state index contributed by atoms with van der Waals surface area (Å²) in [7, 11) is 0. The maximum absolute atomic E-state index is 10.1. The van der Waals surface area contributed by atoms with Gasteiger partial charge in [-0.05, 0) is 41.5 Å². The van der Waals surface area contributed by atoms with Crippen molar-refractivity contribution in [1.29, 1.82) is 0 Å². The first kappa shape index (κ1) is 12.0. The topological polar surface area (TPSA) is 40.5 Å². The van der Waals surface area contributed by atoms with Crippen LogP contribution in [0.2, 0.25) is 0 Å². The smallest absolute Gasteiger partial charge is 0.165 e. The maximum atomic E-state index is 10.1.